The van der Waals surface area contributed by atoms with E-state index in [1.165, 1.54) is 5.56 Å². The molecule has 0 amide bonds. The Morgan fingerprint density at radius 2 is 1.89 bits per heavy atom. The molecule has 0 spiro atoms. The number of nitrogens with zero attached hydrogens (tertiary/aromatic N) is 2. The Hall–Kier alpha value is -2.08. The topological polar surface area (TPSA) is 52.5 Å². The number of hydrogen-bond acceptors (Lipinski definition) is 2. The van der Waals surface area contributed by atoms with Crippen LogP contribution in [0.1, 0.15) is 32.0 Å². The maximum Gasteiger partial charge on any atom is 0.0923 e. The van der Waals surface area contributed by atoms with Crippen LogP contribution in [0, 0.1) is 11.3 Å². The zero-order valence-electron chi connectivity index (χ0n) is 11.0. The van der Waals surface area contributed by atoms with Crippen LogP contribution in [0.25, 0.3) is 11.3 Å². The van der Waals surface area contributed by atoms with Crippen LogP contribution < -0.4 is 0 Å². The maximum atomic E-state index is 8.63. The predicted octanol–water partition coefficient (Wildman–Crippen LogP) is 3.44. The van der Waals surface area contributed by atoms with Crippen molar-refractivity contribution in [2.45, 2.75) is 32.6 Å². The van der Waals surface area contributed by atoms with Crippen molar-refractivity contribution in [3.8, 4) is 17.3 Å². The van der Waals surface area contributed by atoms with E-state index in [9.17, 15) is 0 Å². The summed E-state index contributed by atoms with van der Waals surface area (Å²) in [7, 11) is 0. The molecule has 1 aromatic carbocycles. The third-order valence-electron chi connectivity index (χ3n) is 2.95. The molecule has 1 heterocycles. The van der Waals surface area contributed by atoms with E-state index in [1.54, 1.807) is 0 Å². The normalized spacial score (nSPS) is 11.2. The smallest absolute Gasteiger partial charge is 0.0923 e. The highest BCUT2D eigenvalue weighted by atomic mass is 15.1. The molecular weight excluding hydrogens is 222 g/mol. The molecule has 0 atom stereocenters. The van der Waals surface area contributed by atoms with Crippen molar-refractivity contribution in [2.75, 3.05) is 0 Å². The molecule has 0 aliphatic carbocycles. The van der Waals surface area contributed by atoms with Crippen LogP contribution in [0.3, 0.4) is 0 Å². The number of nitriles is 1. The highest BCUT2D eigenvalue weighted by Gasteiger charge is 2.13. The zero-order chi connectivity index (χ0) is 13.2. The van der Waals surface area contributed by atoms with Crippen molar-refractivity contribution in [2.24, 2.45) is 0 Å². The molecule has 1 N–H and O–H groups in total. The van der Waals surface area contributed by atoms with Gasteiger partial charge in [0.1, 0.15) is 0 Å². The van der Waals surface area contributed by atoms with Crippen molar-refractivity contribution in [3.63, 3.8) is 0 Å². The van der Waals surface area contributed by atoms with Gasteiger partial charge in [-0.05, 0) is 17.0 Å². The minimum atomic E-state index is 0.163. The van der Waals surface area contributed by atoms with E-state index in [0.29, 0.717) is 6.42 Å². The third-order valence-corrected chi connectivity index (χ3v) is 2.95. The number of benzene rings is 1. The summed E-state index contributed by atoms with van der Waals surface area (Å²) in [6.45, 7) is 6.59. The number of aromatic nitrogens is 2. The van der Waals surface area contributed by atoms with Crippen LogP contribution >= 0.6 is 0 Å². The van der Waals surface area contributed by atoms with Gasteiger partial charge in [-0.3, -0.25) is 5.10 Å². The van der Waals surface area contributed by atoms with E-state index in [4.69, 9.17) is 5.26 Å². The van der Waals surface area contributed by atoms with Gasteiger partial charge in [-0.1, -0.05) is 45.0 Å². The van der Waals surface area contributed by atoms with Gasteiger partial charge in [-0.25, -0.2) is 0 Å². The first-order valence-corrected chi connectivity index (χ1v) is 6.03. The molecule has 0 radical (unpaired) electrons. The molecule has 18 heavy (non-hydrogen) atoms. The largest absolute Gasteiger partial charge is 0.281 e. The molecule has 3 nitrogen and oxygen atoms in total. The van der Waals surface area contributed by atoms with Crippen molar-refractivity contribution in [1.82, 2.24) is 10.2 Å². The summed E-state index contributed by atoms with van der Waals surface area (Å²) < 4.78 is 0. The predicted molar refractivity (Wildman–Crippen MR) is 72.0 cm³/mol. The Morgan fingerprint density at radius 3 is 2.44 bits per heavy atom. The van der Waals surface area contributed by atoms with Gasteiger partial charge in [-0.15, -0.1) is 0 Å². The van der Waals surface area contributed by atoms with E-state index < -0.39 is 0 Å². The second-order valence-electron chi connectivity index (χ2n) is 5.44. The molecule has 3 heteroatoms. The molecule has 0 fully saturated rings. The second-order valence-corrected chi connectivity index (χ2v) is 5.44. The van der Waals surface area contributed by atoms with E-state index in [2.05, 4.69) is 61.3 Å². The van der Waals surface area contributed by atoms with E-state index in [0.717, 1.165) is 17.0 Å². The lowest BCUT2D eigenvalue weighted by Crippen LogP contribution is -2.10. The molecule has 2 rings (SSSR count). The van der Waals surface area contributed by atoms with Crippen molar-refractivity contribution < 1.29 is 0 Å². The van der Waals surface area contributed by atoms with Gasteiger partial charge in [0.05, 0.1) is 18.2 Å². The fourth-order valence-corrected chi connectivity index (χ4v) is 1.83. The van der Waals surface area contributed by atoms with Crippen molar-refractivity contribution >= 4 is 0 Å². The minimum absolute atomic E-state index is 0.163. The lowest BCUT2D eigenvalue weighted by atomic mass is 9.86. The maximum absolute atomic E-state index is 8.63. The van der Waals surface area contributed by atoms with Crippen LogP contribution in [-0.2, 0) is 11.8 Å². The van der Waals surface area contributed by atoms with Crippen molar-refractivity contribution in [1.29, 1.82) is 5.26 Å². The quantitative estimate of drug-likeness (QED) is 0.872. The summed E-state index contributed by atoms with van der Waals surface area (Å²) in [6, 6.07) is 12.5. The summed E-state index contributed by atoms with van der Waals surface area (Å²) >= 11 is 0. The lowest BCUT2D eigenvalue weighted by molar-refractivity contribution is 0.590. The monoisotopic (exact) mass is 239 g/mol. The number of H-pyrrole nitrogens is 1. The van der Waals surface area contributed by atoms with Gasteiger partial charge < -0.3 is 0 Å². The Morgan fingerprint density at radius 1 is 1.22 bits per heavy atom. The first-order chi connectivity index (χ1) is 8.50. The summed E-state index contributed by atoms with van der Waals surface area (Å²) in [4.78, 5) is 0. The van der Waals surface area contributed by atoms with Crippen LogP contribution in [-0.4, -0.2) is 10.2 Å². The highest BCUT2D eigenvalue weighted by Crippen LogP contribution is 2.25. The van der Waals surface area contributed by atoms with Gasteiger partial charge in [-0.2, -0.15) is 10.4 Å². The molecule has 1 aromatic heterocycles. The summed E-state index contributed by atoms with van der Waals surface area (Å²) in [5.74, 6) is 0. The van der Waals surface area contributed by atoms with Crippen molar-refractivity contribution in [3.05, 3.63) is 41.6 Å². The number of aromatic amines is 1. The average molecular weight is 239 g/mol. The van der Waals surface area contributed by atoms with Crippen LogP contribution in [0.2, 0.25) is 0 Å². The average Bonchev–Trinajstić information content (AvgIpc) is 2.77. The van der Waals surface area contributed by atoms with Gasteiger partial charge in [0.15, 0.2) is 0 Å². The van der Waals surface area contributed by atoms with Gasteiger partial charge in [0, 0.05) is 11.3 Å². The molecule has 0 bridgehead atoms. The fraction of sp³-hybridized carbons (Fsp3) is 0.333. The Bertz CT molecular complexity index is 565. The van der Waals surface area contributed by atoms with E-state index in [-0.39, 0.29) is 5.41 Å². The molecule has 0 saturated heterocycles. The number of hydrogen-bond donors (Lipinski definition) is 1. The summed E-state index contributed by atoms with van der Waals surface area (Å²) in [6.07, 6.45) is 0.368. The Labute approximate surface area is 107 Å². The van der Waals surface area contributed by atoms with E-state index >= 15 is 0 Å². The first kappa shape index (κ1) is 12.4. The highest BCUT2D eigenvalue weighted by molar-refractivity contribution is 5.60. The molecule has 0 unspecified atom stereocenters. The van der Waals surface area contributed by atoms with Crippen LogP contribution in [0.15, 0.2) is 30.3 Å². The first-order valence-electron chi connectivity index (χ1n) is 6.03. The van der Waals surface area contributed by atoms with Crippen LogP contribution in [0.4, 0.5) is 0 Å². The zero-order valence-corrected chi connectivity index (χ0v) is 11.0. The molecule has 2 aromatic rings. The molecular formula is C15H17N3. The third kappa shape index (κ3) is 2.60. The lowest BCUT2D eigenvalue weighted by Gasteiger charge is -2.18. The second kappa shape index (κ2) is 4.66. The van der Waals surface area contributed by atoms with Gasteiger partial charge in [0.25, 0.3) is 0 Å². The molecule has 0 aliphatic rings. The Kier molecular flexibility index (Phi) is 3.20. The number of rotatable bonds is 2. The van der Waals surface area contributed by atoms with Gasteiger partial charge >= 0.3 is 0 Å². The summed E-state index contributed by atoms with van der Waals surface area (Å²) in [5, 5.41) is 15.7. The van der Waals surface area contributed by atoms with Crippen LogP contribution in [0.5, 0.6) is 0 Å². The standard InChI is InChI=1S/C15H17N3/c1-15(2,3)12-6-4-11(5-7-12)14-10-13(8-9-16)17-18-14/h4-7,10H,8H2,1-3H3,(H,17,18). The molecule has 0 saturated carbocycles. The molecule has 0 aliphatic heterocycles. The number of nitrogens with one attached hydrogen (secondary N) is 1. The molecule has 92 valence electrons. The van der Waals surface area contributed by atoms with E-state index in [1.807, 2.05) is 6.07 Å². The summed E-state index contributed by atoms with van der Waals surface area (Å²) in [5.41, 5.74) is 4.28. The fourth-order valence-electron chi connectivity index (χ4n) is 1.83. The van der Waals surface area contributed by atoms with Gasteiger partial charge in [0.2, 0.25) is 0 Å². The SMILES string of the molecule is CC(C)(C)c1ccc(-c2cc(CC#N)[nH]n2)cc1. The minimum Gasteiger partial charge on any atom is -0.281 e. The Balaban J connectivity index is 2.26.